The number of hydrogen-bond acceptors (Lipinski definition) is 3. The van der Waals surface area contributed by atoms with Crippen LogP contribution in [0.3, 0.4) is 0 Å². The Bertz CT molecular complexity index is 235. The van der Waals surface area contributed by atoms with Gasteiger partial charge in [-0.15, -0.1) is 0 Å². The van der Waals surface area contributed by atoms with E-state index in [1.54, 1.807) is 0 Å². The standard InChI is InChI=1S/C5H8N6O/c1-3-4(12-3)2-5(8-10-6)9-11-7/h3-5H,2H2,1H3. The van der Waals surface area contributed by atoms with Crippen LogP contribution < -0.4 is 0 Å². The highest BCUT2D eigenvalue weighted by atomic mass is 16.6. The van der Waals surface area contributed by atoms with Gasteiger partial charge in [-0.2, -0.15) is 0 Å². The number of ether oxygens (including phenoxy) is 1. The maximum Gasteiger partial charge on any atom is 0.118 e. The van der Waals surface area contributed by atoms with Crippen molar-refractivity contribution in [3.05, 3.63) is 20.9 Å². The van der Waals surface area contributed by atoms with Crippen molar-refractivity contribution in [3.8, 4) is 0 Å². The summed E-state index contributed by atoms with van der Waals surface area (Å²) in [6.45, 7) is 1.91. The van der Waals surface area contributed by atoms with Crippen molar-refractivity contribution < 1.29 is 4.74 Å². The second-order valence-electron chi connectivity index (χ2n) is 2.51. The van der Waals surface area contributed by atoms with E-state index in [9.17, 15) is 0 Å². The molecule has 2 atom stereocenters. The second-order valence-corrected chi connectivity index (χ2v) is 2.51. The Morgan fingerprint density at radius 1 is 1.42 bits per heavy atom. The summed E-state index contributed by atoms with van der Waals surface area (Å²) in [5.41, 5.74) is 16.2. The first-order valence-electron chi connectivity index (χ1n) is 3.51. The minimum Gasteiger partial charge on any atom is -0.370 e. The third-order valence-electron chi connectivity index (χ3n) is 1.65. The molecule has 1 rings (SSSR count). The lowest BCUT2D eigenvalue weighted by Crippen LogP contribution is -2.03. The van der Waals surface area contributed by atoms with Crippen LogP contribution in [-0.4, -0.2) is 18.4 Å². The molecule has 12 heavy (non-hydrogen) atoms. The van der Waals surface area contributed by atoms with Crippen molar-refractivity contribution in [1.29, 1.82) is 0 Å². The summed E-state index contributed by atoms with van der Waals surface area (Å²) in [7, 11) is 0. The van der Waals surface area contributed by atoms with E-state index in [-0.39, 0.29) is 12.2 Å². The summed E-state index contributed by atoms with van der Waals surface area (Å²) in [5, 5.41) is 6.62. The van der Waals surface area contributed by atoms with Gasteiger partial charge in [0.15, 0.2) is 0 Å². The Morgan fingerprint density at radius 2 is 1.92 bits per heavy atom. The van der Waals surface area contributed by atoms with Crippen LogP contribution in [0.15, 0.2) is 10.2 Å². The van der Waals surface area contributed by atoms with E-state index in [0.717, 1.165) is 0 Å². The fourth-order valence-electron chi connectivity index (χ4n) is 0.922. The van der Waals surface area contributed by atoms with E-state index in [0.29, 0.717) is 6.42 Å². The molecule has 1 heterocycles. The summed E-state index contributed by atoms with van der Waals surface area (Å²) in [6, 6.07) is 0. The quantitative estimate of drug-likeness (QED) is 0.272. The number of rotatable bonds is 4. The first-order valence-corrected chi connectivity index (χ1v) is 3.51. The van der Waals surface area contributed by atoms with Gasteiger partial charge in [0, 0.05) is 9.82 Å². The van der Waals surface area contributed by atoms with Crippen LogP contribution in [0.4, 0.5) is 0 Å². The maximum absolute atomic E-state index is 8.10. The zero-order valence-corrected chi connectivity index (χ0v) is 6.53. The third kappa shape index (κ3) is 2.32. The number of hydrogen-bond donors (Lipinski definition) is 0. The minimum atomic E-state index is -0.657. The number of azide groups is 1. The van der Waals surface area contributed by atoms with E-state index in [1.807, 2.05) is 6.92 Å². The zero-order valence-electron chi connectivity index (χ0n) is 6.53. The van der Waals surface area contributed by atoms with Gasteiger partial charge in [-0.25, -0.2) is 0 Å². The molecule has 0 radical (unpaired) electrons. The Morgan fingerprint density at radius 3 is 2.25 bits per heavy atom. The third-order valence-corrected chi connectivity index (χ3v) is 1.65. The van der Waals surface area contributed by atoms with Gasteiger partial charge in [0.05, 0.1) is 12.2 Å². The fraction of sp³-hybridized carbons (Fsp3) is 1.00. The van der Waals surface area contributed by atoms with Crippen molar-refractivity contribution >= 4 is 0 Å². The molecule has 0 N–H and O–H groups in total. The average molecular weight is 168 g/mol. The Hall–Kier alpha value is -1.42. The summed E-state index contributed by atoms with van der Waals surface area (Å²) in [4.78, 5) is 5.13. The van der Waals surface area contributed by atoms with Gasteiger partial charge in [0.2, 0.25) is 0 Å². The number of nitrogens with zero attached hydrogens (tertiary/aromatic N) is 6. The van der Waals surface area contributed by atoms with Gasteiger partial charge in [-0.1, -0.05) is 10.2 Å². The lowest BCUT2D eigenvalue weighted by molar-refractivity contribution is 0.360. The summed E-state index contributed by atoms with van der Waals surface area (Å²) >= 11 is 0. The predicted octanol–water partition coefficient (Wildman–Crippen LogP) is 2.11. The Kier molecular flexibility index (Phi) is 2.76. The van der Waals surface area contributed by atoms with E-state index >= 15 is 0 Å². The molecule has 1 aliphatic rings. The highest BCUT2D eigenvalue weighted by Gasteiger charge is 2.35. The Labute approximate surface area is 68.6 Å². The monoisotopic (exact) mass is 168 g/mol. The van der Waals surface area contributed by atoms with Gasteiger partial charge >= 0.3 is 0 Å². The molecule has 0 aliphatic carbocycles. The molecule has 7 heteroatoms. The SMILES string of the molecule is CC1OC1CC(N=[N+]=[N-])N=[N+]=[N-]. The summed E-state index contributed by atoms with van der Waals surface area (Å²) < 4.78 is 5.07. The minimum absolute atomic E-state index is 0.0750. The zero-order chi connectivity index (χ0) is 8.97. The van der Waals surface area contributed by atoms with Crippen LogP contribution >= 0.6 is 0 Å². The fourth-order valence-corrected chi connectivity index (χ4v) is 0.922. The number of epoxide rings is 1. The van der Waals surface area contributed by atoms with Crippen LogP contribution in [-0.2, 0) is 4.74 Å². The molecule has 7 nitrogen and oxygen atoms in total. The van der Waals surface area contributed by atoms with E-state index in [4.69, 9.17) is 15.8 Å². The molecule has 0 saturated carbocycles. The van der Waals surface area contributed by atoms with E-state index in [2.05, 4.69) is 20.1 Å². The molecule has 64 valence electrons. The van der Waals surface area contributed by atoms with Crippen LogP contribution in [0.25, 0.3) is 20.9 Å². The first-order chi connectivity index (χ1) is 5.77. The molecule has 0 aromatic carbocycles. The molecular weight excluding hydrogens is 160 g/mol. The van der Waals surface area contributed by atoms with Crippen LogP contribution in [0, 0.1) is 0 Å². The average Bonchev–Trinajstić information content (AvgIpc) is 2.67. The smallest absolute Gasteiger partial charge is 0.118 e. The van der Waals surface area contributed by atoms with Gasteiger partial charge in [-0.05, 0) is 24.4 Å². The first kappa shape index (κ1) is 8.67. The maximum atomic E-state index is 8.10. The molecule has 0 aromatic rings. The molecule has 1 saturated heterocycles. The lowest BCUT2D eigenvalue weighted by atomic mass is 10.2. The van der Waals surface area contributed by atoms with Crippen molar-refractivity contribution in [1.82, 2.24) is 0 Å². The highest BCUT2D eigenvalue weighted by molar-refractivity contribution is 4.84. The van der Waals surface area contributed by atoms with Crippen molar-refractivity contribution in [2.75, 3.05) is 0 Å². The lowest BCUT2D eigenvalue weighted by Gasteiger charge is -1.97. The van der Waals surface area contributed by atoms with Crippen LogP contribution in [0.5, 0.6) is 0 Å². The molecule has 1 aliphatic heterocycles. The normalized spacial score (nSPS) is 28.1. The molecular formula is C5H8N6O. The van der Waals surface area contributed by atoms with Crippen molar-refractivity contribution in [3.63, 3.8) is 0 Å². The van der Waals surface area contributed by atoms with E-state index < -0.39 is 6.17 Å². The largest absolute Gasteiger partial charge is 0.370 e. The van der Waals surface area contributed by atoms with Crippen molar-refractivity contribution in [2.24, 2.45) is 10.2 Å². The van der Waals surface area contributed by atoms with Crippen LogP contribution in [0.1, 0.15) is 13.3 Å². The Balaban J connectivity index is 2.43. The van der Waals surface area contributed by atoms with Gasteiger partial charge < -0.3 is 4.74 Å². The molecule has 0 amide bonds. The van der Waals surface area contributed by atoms with Crippen LogP contribution in [0.2, 0.25) is 0 Å². The topological polar surface area (TPSA) is 110 Å². The molecule has 0 spiro atoms. The van der Waals surface area contributed by atoms with E-state index in [1.165, 1.54) is 0 Å². The molecule has 2 unspecified atom stereocenters. The summed E-state index contributed by atoms with van der Waals surface area (Å²) in [6.07, 6.45) is 0.0752. The second kappa shape index (κ2) is 3.82. The molecule has 0 aromatic heterocycles. The van der Waals surface area contributed by atoms with Gasteiger partial charge in [0.25, 0.3) is 0 Å². The predicted molar refractivity (Wildman–Crippen MR) is 41.0 cm³/mol. The molecule has 1 fully saturated rings. The molecule has 0 bridgehead atoms. The summed E-state index contributed by atoms with van der Waals surface area (Å²) in [5.74, 6) is 0. The van der Waals surface area contributed by atoms with Gasteiger partial charge in [0.1, 0.15) is 6.17 Å². The van der Waals surface area contributed by atoms with Crippen molar-refractivity contribution in [2.45, 2.75) is 31.7 Å². The van der Waals surface area contributed by atoms with Gasteiger partial charge in [-0.3, -0.25) is 0 Å². The highest BCUT2D eigenvalue weighted by Crippen LogP contribution is 2.26.